The fourth-order valence-corrected chi connectivity index (χ4v) is 3.03. The molecule has 146 valence electrons. The molecule has 0 amide bonds. The van der Waals surface area contributed by atoms with Crippen molar-refractivity contribution in [2.24, 2.45) is 0 Å². The Kier molecular flexibility index (Phi) is 4.49. The van der Waals surface area contributed by atoms with Crippen LogP contribution in [-0.4, -0.2) is 24.5 Å². The van der Waals surface area contributed by atoms with Gasteiger partial charge in [0.25, 0.3) is 5.88 Å². The monoisotopic (exact) mass is 398 g/mol. The van der Waals surface area contributed by atoms with Crippen molar-refractivity contribution < 1.29 is 9.13 Å². The normalized spacial score (nSPS) is 10.8. The van der Waals surface area contributed by atoms with Gasteiger partial charge in [0.1, 0.15) is 17.4 Å². The van der Waals surface area contributed by atoms with Gasteiger partial charge in [0.15, 0.2) is 0 Å². The lowest BCUT2D eigenvalue weighted by atomic mass is 10.2. The Bertz CT molecular complexity index is 1310. The minimum Gasteiger partial charge on any atom is -0.436 e. The lowest BCUT2D eigenvalue weighted by Crippen LogP contribution is -2.01. The number of nitrogens with zero attached hydrogens (tertiary/aromatic N) is 5. The average Bonchev–Trinajstić information content (AvgIpc) is 3.21. The third kappa shape index (κ3) is 3.53. The van der Waals surface area contributed by atoms with Crippen molar-refractivity contribution in [3.63, 3.8) is 0 Å². The summed E-state index contributed by atoms with van der Waals surface area (Å²) in [7, 11) is 0. The highest BCUT2D eigenvalue weighted by Crippen LogP contribution is 2.28. The van der Waals surface area contributed by atoms with E-state index in [1.807, 2.05) is 53.2 Å². The summed E-state index contributed by atoms with van der Waals surface area (Å²) >= 11 is 0. The zero-order valence-corrected chi connectivity index (χ0v) is 15.6. The van der Waals surface area contributed by atoms with E-state index in [9.17, 15) is 4.39 Å². The molecule has 0 atom stereocenters. The number of aromatic nitrogens is 5. The Hall–Kier alpha value is -4.33. The van der Waals surface area contributed by atoms with Crippen LogP contribution < -0.4 is 10.1 Å². The van der Waals surface area contributed by atoms with Crippen LogP contribution in [0.3, 0.4) is 0 Å². The SMILES string of the molecule is Fc1cnc(Nc2ccccn2)nc1Oc1ccc2c(ccn2-c2ccccn2)c1. The van der Waals surface area contributed by atoms with Gasteiger partial charge in [-0.05, 0) is 48.5 Å². The maximum atomic E-state index is 14.2. The van der Waals surface area contributed by atoms with Crippen LogP contribution in [0.4, 0.5) is 16.2 Å². The zero-order chi connectivity index (χ0) is 20.3. The first-order valence-electron chi connectivity index (χ1n) is 9.17. The number of halogens is 1. The average molecular weight is 398 g/mol. The van der Waals surface area contributed by atoms with Gasteiger partial charge in [0, 0.05) is 24.0 Å². The van der Waals surface area contributed by atoms with Gasteiger partial charge in [-0.15, -0.1) is 0 Å². The molecule has 8 heteroatoms. The minimum absolute atomic E-state index is 0.174. The van der Waals surface area contributed by atoms with E-state index in [1.165, 1.54) is 0 Å². The van der Waals surface area contributed by atoms with Crippen LogP contribution >= 0.6 is 0 Å². The van der Waals surface area contributed by atoms with E-state index in [0.29, 0.717) is 11.6 Å². The Morgan fingerprint density at radius 3 is 2.57 bits per heavy atom. The third-order valence-corrected chi connectivity index (χ3v) is 4.39. The van der Waals surface area contributed by atoms with Crippen molar-refractivity contribution in [3.8, 4) is 17.4 Å². The molecule has 1 N–H and O–H groups in total. The van der Waals surface area contributed by atoms with Crippen molar-refractivity contribution in [2.75, 3.05) is 5.32 Å². The largest absolute Gasteiger partial charge is 0.436 e. The van der Waals surface area contributed by atoms with E-state index in [2.05, 4.69) is 25.3 Å². The standard InChI is InChI=1S/C22H15FN6O/c23-17-14-26-22(27-19-5-1-3-10-24-19)28-21(17)30-16-7-8-18-15(13-16)9-12-29(18)20-6-2-4-11-25-20/h1-14H,(H,24,26,27,28). The number of anilines is 2. The Balaban J connectivity index is 1.42. The van der Waals surface area contributed by atoms with Gasteiger partial charge in [-0.25, -0.2) is 15.0 Å². The fraction of sp³-hybridized carbons (Fsp3) is 0. The number of nitrogens with one attached hydrogen (secondary N) is 1. The third-order valence-electron chi connectivity index (χ3n) is 4.39. The molecule has 5 aromatic rings. The highest BCUT2D eigenvalue weighted by atomic mass is 19.1. The van der Waals surface area contributed by atoms with Gasteiger partial charge in [-0.3, -0.25) is 0 Å². The number of hydrogen-bond acceptors (Lipinski definition) is 6. The molecule has 0 unspecified atom stereocenters. The summed E-state index contributed by atoms with van der Waals surface area (Å²) in [5.41, 5.74) is 0.960. The van der Waals surface area contributed by atoms with E-state index in [4.69, 9.17) is 4.74 Å². The van der Waals surface area contributed by atoms with E-state index in [1.54, 1.807) is 30.6 Å². The predicted molar refractivity (Wildman–Crippen MR) is 111 cm³/mol. The van der Waals surface area contributed by atoms with Crippen LogP contribution in [-0.2, 0) is 0 Å². The van der Waals surface area contributed by atoms with Gasteiger partial charge < -0.3 is 14.6 Å². The first-order valence-corrected chi connectivity index (χ1v) is 9.17. The summed E-state index contributed by atoms with van der Waals surface area (Å²) in [4.78, 5) is 16.6. The maximum Gasteiger partial charge on any atom is 0.260 e. The molecule has 0 saturated heterocycles. The molecule has 0 fully saturated rings. The molecule has 4 heterocycles. The lowest BCUT2D eigenvalue weighted by molar-refractivity contribution is 0.421. The molecule has 0 bridgehead atoms. The smallest absolute Gasteiger partial charge is 0.260 e. The van der Waals surface area contributed by atoms with E-state index in [-0.39, 0.29) is 11.8 Å². The summed E-state index contributed by atoms with van der Waals surface area (Å²) in [6, 6.07) is 18.5. The zero-order valence-electron chi connectivity index (χ0n) is 15.6. The molecule has 0 radical (unpaired) electrons. The van der Waals surface area contributed by atoms with Gasteiger partial charge in [0.05, 0.1) is 11.7 Å². The Morgan fingerprint density at radius 2 is 1.77 bits per heavy atom. The second-order valence-corrected chi connectivity index (χ2v) is 6.38. The van der Waals surface area contributed by atoms with Crippen LogP contribution in [0.2, 0.25) is 0 Å². The molecule has 0 aliphatic heterocycles. The van der Waals surface area contributed by atoms with Gasteiger partial charge in [0.2, 0.25) is 11.8 Å². The minimum atomic E-state index is -0.660. The summed E-state index contributed by atoms with van der Waals surface area (Å²) < 4.78 is 21.9. The Labute approximate surface area is 170 Å². The van der Waals surface area contributed by atoms with E-state index >= 15 is 0 Å². The maximum absolute atomic E-state index is 14.2. The number of hydrogen-bond donors (Lipinski definition) is 1. The van der Waals surface area contributed by atoms with Crippen molar-refractivity contribution in [3.05, 3.63) is 91.3 Å². The van der Waals surface area contributed by atoms with Crippen molar-refractivity contribution in [1.82, 2.24) is 24.5 Å². The molecule has 0 saturated carbocycles. The summed E-state index contributed by atoms with van der Waals surface area (Å²) in [5, 5.41) is 3.85. The summed E-state index contributed by atoms with van der Waals surface area (Å²) in [6.45, 7) is 0. The molecule has 0 aliphatic carbocycles. The summed E-state index contributed by atoms with van der Waals surface area (Å²) in [5.74, 6) is 1.18. The van der Waals surface area contributed by atoms with Crippen LogP contribution in [0.1, 0.15) is 0 Å². The van der Waals surface area contributed by atoms with Crippen LogP contribution in [0.5, 0.6) is 11.6 Å². The molecule has 30 heavy (non-hydrogen) atoms. The van der Waals surface area contributed by atoms with Gasteiger partial charge in [-0.2, -0.15) is 9.37 Å². The topological polar surface area (TPSA) is 77.8 Å². The summed E-state index contributed by atoms with van der Waals surface area (Å²) in [6.07, 6.45) is 6.36. The first-order chi connectivity index (χ1) is 14.8. The number of fused-ring (bicyclic) bond motifs is 1. The van der Waals surface area contributed by atoms with Crippen LogP contribution in [0, 0.1) is 5.82 Å². The second kappa shape index (κ2) is 7.59. The quantitative estimate of drug-likeness (QED) is 0.454. The molecular weight excluding hydrogens is 383 g/mol. The number of pyridine rings is 2. The Morgan fingerprint density at radius 1 is 0.900 bits per heavy atom. The molecule has 0 spiro atoms. The van der Waals surface area contributed by atoms with Crippen molar-refractivity contribution in [1.29, 1.82) is 0 Å². The molecular formula is C22H15FN6O. The lowest BCUT2D eigenvalue weighted by Gasteiger charge is -2.09. The number of benzene rings is 1. The molecule has 1 aromatic carbocycles. The van der Waals surface area contributed by atoms with Gasteiger partial charge >= 0.3 is 0 Å². The van der Waals surface area contributed by atoms with Crippen molar-refractivity contribution in [2.45, 2.75) is 0 Å². The first kappa shape index (κ1) is 17.7. The van der Waals surface area contributed by atoms with E-state index in [0.717, 1.165) is 22.9 Å². The molecule has 5 rings (SSSR count). The molecule has 4 aromatic heterocycles. The molecule has 7 nitrogen and oxygen atoms in total. The fourth-order valence-electron chi connectivity index (χ4n) is 3.03. The predicted octanol–water partition coefficient (Wildman–Crippen LogP) is 4.89. The van der Waals surface area contributed by atoms with E-state index < -0.39 is 5.82 Å². The number of ether oxygens (including phenoxy) is 1. The van der Waals surface area contributed by atoms with Crippen LogP contribution in [0.15, 0.2) is 85.5 Å². The van der Waals surface area contributed by atoms with Gasteiger partial charge in [-0.1, -0.05) is 12.1 Å². The second-order valence-electron chi connectivity index (χ2n) is 6.38. The number of rotatable bonds is 5. The highest BCUT2D eigenvalue weighted by molar-refractivity contribution is 5.83. The van der Waals surface area contributed by atoms with Crippen molar-refractivity contribution >= 4 is 22.7 Å². The van der Waals surface area contributed by atoms with Crippen LogP contribution in [0.25, 0.3) is 16.7 Å². The highest BCUT2D eigenvalue weighted by Gasteiger charge is 2.12. The molecule has 0 aliphatic rings.